The number of rotatable bonds is 4. The molecule has 3 aromatic rings. The summed E-state index contributed by atoms with van der Waals surface area (Å²) in [5, 5.41) is 6.43. The molecule has 0 saturated heterocycles. The fraction of sp³-hybridized carbons (Fsp3) is 0.227. The molecule has 4 rings (SSSR count). The molecule has 2 atom stereocenters. The molecule has 1 N–H and O–H groups in total. The van der Waals surface area contributed by atoms with Gasteiger partial charge in [-0.25, -0.2) is 13.8 Å². The number of amides is 2. The Balaban J connectivity index is 1.57. The number of halogens is 2. The average molecular weight is 436 g/mol. The molecule has 0 spiro atoms. The second kappa shape index (κ2) is 8.55. The van der Waals surface area contributed by atoms with Gasteiger partial charge in [0.25, 0.3) is 11.8 Å². The van der Waals surface area contributed by atoms with Gasteiger partial charge in [-0.15, -0.1) is 12.3 Å². The van der Waals surface area contributed by atoms with Crippen LogP contribution in [0.15, 0.2) is 42.9 Å². The number of hydrogen-bond donors (Lipinski definition) is 1. The number of terminal acetylenes is 1. The normalized spacial score (nSPS) is 17.9. The van der Waals surface area contributed by atoms with E-state index in [9.17, 15) is 18.4 Å². The maximum Gasteiger partial charge on any atom is 0.275 e. The number of aromatic nitrogens is 4. The SMILES string of the molecule is C#C[C@@H]1Cc2nccnc2N(C)C(=O)[C@@H]1NC(=O)c1nn(Cc2ccccc2F)cc1F. The third kappa shape index (κ3) is 3.92. The lowest BCUT2D eigenvalue weighted by Crippen LogP contribution is -2.50. The minimum absolute atomic E-state index is 0.0679. The molecule has 0 fully saturated rings. The van der Waals surface area contributed by atoms with Crippen LogP contribution in [0.5, 0.6) is 0 Å². The molecule has 2 aromatic heterocycles. The van der Waals surface area contributed by atoms with E-state index in [0.29, 0.717) is 11.5 Å². The van der Waals surface area contributed by atoms with Crippen molar-refractivity contribution in [3.8, 4) is 12.3 Å². The fourth-order valence-corrected chi connectivity index (χ4v) is 3.56. The lowest BCUT2D eigenvalue weighted by atomic mass is 9.95. The summed E-state index contributed by atoms with van der Waals surface area (Å²) in [5.41, 5.74) is 0.279. The lowest BCUT2D eigenvalue weighted by Gasteiger charge is -2.23. The molecule has 32 heavy (non-hydrogen) atoms. The van der Waals surface area contributed by atoms with Crippen molar-refractivity contribution in [3.63, 3.8) is 0 Å². The molecule has 1 aromatic carbocycles. The Kier molecular flexibility index (Phi) is 5.64. The maximum absolute atomic E-state index is 14.5. The predicted octanol–water partition coefficient (Wildman–Crippen LogP) is 1.57. The first-order chi connectivity index (χ1) is 15.4. The molecule has 3 heterocycles. The summed E-state index contributed by atoms with van der Waals surface area (Å²) in [4.78, 5) is 35.5. The zero-order chi connectivity index (χ0) is 22.8. The van der Waals surface area contributed by atoms with Gasteiger partial charge in [0.05, 0.1) is 24.4 Å². The van der Waals surface area contributed by atoms with E-state index < -0.39 is 41.1 Å². The molecular weight excluding hydrogens is 418 g/mol. The Hall–Kier alpha value is -4.13. The van der Waals surface area contributed by atoms with Crippen molar-refractivity contribution in [1.82, 2.24) is 25.1 Å². The second-order valence-electron chi connectivity index (χ2n) is 7.27. The molecular formula is C22H18F2N6O2. The Morgan fingerprint density at radius 3 is 2.75 bits per heavy atom. The largest absolute Gasteiger partial charge is 0.338 e. The van der Waals surface area contributed by atoms with Gasteiger partial charge in [-0.1, -0.05) is 18.2 Å². The van der Waals surface area contributed by atoms with Crippen LogP contribution in [-0.2, 0) is 17.8 Å². The van der Waals surface area contributed by atoms with Crippen molar-refractivity contribution >= 4 is 17.6 Å². The van der Waals surface area contributed by atoms with Gasteiger partial charge in [0.1, 0.15) is 11.9 Å². The van der Waals surface area contributed by atoms with Crippen LogP contribution >= 0.6 is 0 Å². The van der Waals surface area contributed by atoms with Crippen molar-refractivity contribution in [2.24, 2.45) is 5.92 Å². The summed E-state index contributed by atoms with van der Waals surface area (Å²) in [6.45, 7) is -0.0679. The van der Waals surface area contributed by atoms with Crippen molar-refractivity contribution in [1.29, 1.82) is 0 Å². The molecule has 0 saturated carbocycles. The van der Waals surface area contributed by atoms with Gasteiger partial charge in [0.2, 0.25) is 0 Å². The number of likely N-dealkylation sites (N-methyl/N-ethyl adjacent to an activating group) is 1. The van der Waals surface area contributed by atoms with Gasteiger partial charge >= 0.3 is 0 Å². The first kappa shape index (κ1) is 21.1. The van der Waals surface area contributed by atoms with E-state index in [2.05, 4.69) is 26.3 Å². The molecule has 0 unspecified atom stereocenters. The Morgan fingerprint density at radius 2 is 2.00 bits per heavy atom. The second-order valence-corrected chi connectivity index (χ2v) is 7.27. The van der Waals surface area contributed by atoms with Crippen LogP contribution in [0, 0.1) is 29.9 Å². The highest BCUT2D eigenvalue weighted by Crippen LogP contribution is 2.25. The van der Waals surface area contributed by atoms with Gasteiger partial charge in [-0.3, -0.25) is 24.2 Å². The first-order valence-corrected chi connectivity index (χ1v) is 9.70. The molecule has 2 amide bonds. The number of benzene rings is 1. The number of nitrogens with one attached hydrogen (secondary N) is 1. The third-order valence-corrected chi connectivity index (χ3v) is 5.20. The topological polar surface area (TPSA) is 93.0 Å². The number of fused-ring (bicyclic) bond motifs is 1. The maximum atomic E-state index is 14.5. The number of anilines is 1. The highest BCUT2D eigenvalue weighted by Gasteiger charge is 2.38. The van der Waals surface area contributed by atoms with E-state index in [-0.39, 0.29) is 18.5 Å². The van der Waals surface area contributed by atoms with Crippen molar-refractivity contribution in [3.05, 3.63) is 71.4 Å². The van der Waals surface area contributed by atoms with Gasteiger partial charge in [-0.2, -0.15) is 5.10 Å². The van der Waals surface area contributed by atoms with Crippen LogP contribution in [0.1, 0.15) is 21.7 Å². The minimum atomic E-state index is -1.13. The van der Waals surface area contributed by atoms with Crippen LogP contribution in [0.3, 0.4) is 0 Å². The monoisotopic (exact) mass is 436 g/mol. The van der Waals surface area contributed by atoms with Crippen LogP contribution < -0.4 is 10.2 Å². The van der Waals surface area contributed by atoms with E-state index >= 15 is 0 Å². The van der Waals surface area contributed by atoms with Gasteiger partial charge < -0.3 is 5.32 Å². The van der Waals surface area contributed by atoms with Crippen molar-refractivity contribution < 1.29 is 18.4 Å². The van der Waals surface area contributed by atoms with Gasteiger partial charge in [0.15, 0.2) is 17.3 Å². The van der Waals surface area contributed by atoms with Crippen LogP contribution in [0.25, 0.3) is 0 Å². The summed E-state index contributed by atoms with van der Waals surface area (Å²) >= 11 is 0. The summed E-state index contributed by atoms with van der Waals surface area (Å²) in [7, 11) is 1.50. The Bertz CT molecular complexity index is 1240. The molecule has 0 radical (unpaired) electrons. The van der Waals surface area contributed by atoms with Gasteiger partial charge in [-0.05, 0) is 6.07 Å². The number of carbonyl (C=O) groups is 2. The summed E-state index contributed by atoms with van der Waals surface area (Å²) in [6, 6.07) is 4.85. The van der Waals surface area contributed by atoms with E-state index in [1.165, 1.54) is 42.5 Å². The molecule has 162 valence electrons. The van der Waals surface area contributed by atoms with E-state index in [1.807, 2.05) is 0 Å². The van der Waals surface area contributed by atoms with Gasteiger partial charge in [0, 0.05) is 31.4 Å². The molecule has 1 aliphatic heterocycles. The highest BCUT2D eigenvalue weighted by molar-refractivity contribution is 6.02. The summed E-state index contributed by atoms with van der Waals surface area (Å²) in [6.07, 6.45) is 9.75. The first-order valence-electron chi connectivity index (χ1n) is 9.70. The average Bonchev–Trinajstić information content (AvgIpc) is 3.12. The van der Waals surface area contributed by atoms with E-state index in [1.54, 1.807) is 6.07 Å². The summed E-state index contributed by atoms with van der Waals surface area (Å²) < 4.78 is 29.5. The standard InChI is InChI=1S/C22H18F2N6O2/c1-3-13-10-17-20(26-9-8-25-17)29(2)22(32)18(13)27-21(31)19-16(24)12-30(28-19)11-14-6-4-5-7-15(14)23/h1,4-9,12-13,18H,10-11H2,2H3,(H,27,31)/t13-,18-/m1/s1. The Labute approximate surface area is 182 Å². The molecule has 8 nitrogen and oxygen atoms in total. The third-order valence-electron chi connectivity index (χ3n) is 5.20. The molecule has 1 aliphatic rings. The number of hydrogen-bond acceptors (Lipinski definition) is 5. The molecule has 0 bridgehead atoms. The quantitative estimate of drug-likeness (QED) is 0.627. The molecule has 0 aliphatic carbocycles. The highest BCUT2D eigenvalue weighted by atomic mass is 19.1. The summed E-state index contributed by atoms with van der Waals surface area (Å²) in [5.74, 6) is -0.667. The Morgan fingerprint density at radius 1 is 1.25 bits per heavy atom. The van der Waals surface area contributed by atoms with Crippen molar-refractivity contribution in [2.75, 3.05) is 11.9 Å². The minimum Gasteiger partial charge on any atom is -0.338 e. The number of nitrogens with zero attached hydrogens (tertiary/aromatic N) is 5. The number of carbonyl (C=O) groups excluding carboxylic acids is 2. The van der Waals surface area contributed by atoms with Crippen LogP contribution in [-0.4, -0.2) is 44.7 Å². The fourth-order valence-electron chi connectivity index (χ4n) is 3.56. The molecule has 10 heteroatoms. The predicted molar refractivity (Wildman–Crippen MR) is 110 cm³/mol. The van der Waals surface area contributed by atoms with E-state index in [4.69, 9.17) is 6.42 Å². The lowest BCUT2D eigenvalue weighted by molar-refractivity contribution is -0.120. The van der Waals surface area contributed by atoms with Crippen LogP contribution in [0.4, 0.5) is 14.6 Å². The zero-order valence-corrected chi connectivity index (χ0v) is 17.0. The smallest absolute Gasteiger partial charge is 0.275 e. The van der Waals surface area contributed by atoms with Crippen molar-refractivity contribution in [2.45, 2.75) is 19.0 Å². The van der Waals surface area contributed by atoms with E-state index in [0.717, 1.165) is 10.9 Å². The van der Waals surface area contributed by atoms with Crippen LogP contribution in [0.2, 0.25) is 0 Å². The zero-order valence-electron chi connectivity index (χ0n) is 17.0.